The monoisotopic (exact) mass is 374 g/mol. The van der Waals surface area contributed by atoms with E-state index in [2.05, 4.69) is 92.7 Å². The van der Waals surface area contributed by atoms with Gasteiger partial charge < -0.3 is 15.1 Å². The Bertz CT molecular complexity index is 920. The SMILES string of the molecule is CCN(CC)c1ccc(Nc2cnnc(N3CCc4ccccc4C3)n2)cc1. The first kappa shape index (κ1) is 18.2. The maximum atomic E-state index is 4.69. The topological polar surface area (TPSA) is 57.2 Å². The van der Waals surface area contributed by atoms with Crippen molar-refractivity contribution in [3.63, 3.8) is 0 Å². The molecule has 2 aromatic carbocycles. The Balaban J connectivity index is 1.47. The summed E-state index contributed by atoms with van der Waals surface area (Å²) in [6.45, 7) is 8.06. The van der Waals surface area contributed by atoms with Gasteiger partial charge in [0.1, 0.15) is 0 Å². The average molecular weight is 374 g/mol. The highest BCUT2D eigenvalue weighted by Gasteiger charge is 2.18. The highest BCUT2D eigenvalue weighted by Crippen LogP contribution is 2.24. The van der Waals surface area contributed by atoms with E-state index in [1.807, 2.05) is 0 Å². The molecule has 2 heterocycles. The number of nitrogens with zero attached hydrogens (tertiary/aromatic N) is 5. The molecule has 28 heavy (non-hydrogen) atoms. The van der Waals surface area contributed by atoms with E-state index in [0.29, 0.717) is 11.8 Å². The Labute approximate surface area is 166 Å². The van der Waals surface area contributed by atoms with E-state index in [9.17, 15) is 0 Å². The van der Waals surface area contributed by atoms with Crippen LogP contribution in [0.3, 0.4) is 0 Å². The number of hydrogen-bond acceptors (Lipinski definition) is 6. The minimum atomic E-state index is 0.666. The summed E-state index contributed by atoms with van der Waals surface area (Å²) in [4.78, 5) is 9.19. The zero-order valence-corrected chi connectivity index (χ0v) is 16.5. The molecular formula is C22H26N6. The maximum Gasteiger partial charge on any atom is 0.247 e. The lowest BCUT2D eigenvalue weighted by atomic mass is 10.0. The van der Waals surface area contributed by atoms with Gasteiger partial charge >= 0.3 is 0 Å². The molecule has 6 heteroatoms. The van der Waals surface area contributed by atoms with Crippen LogP contribution in [0.15, 0.2) is 54.7 Å². The van der Waals surface area contributed by atoms with Gasteiger partial charge in [0.2, 0.25) is 5.95 Å². The fourth-order valence-electron chi connectivity index (χ4n) is 3.65. The van der Waals surface area contributed by atoms with Crippen LogP contribution in [0.1, 0.15) is 25.0 Å². The summed E-state index contributed by atoms with van der Waals surface area (Å²) in [5.41, 5.74) is 4.97. The Kier molecular flexibility index (Phi) is 5.37. The normalized spacial score (nSPS) is 13.1. The van der Waals surface area contributed by atoms with Gasteiger partial charge in [0.15, 0.2) is 5.82 Å². The molecule has 4 rings (SSSR count). The van der Waals surface area contributed by atoms with Crippen LogP contribution in [-0.2, 0) is 13.0 Å². The van der Waals surface area contributed by atoms with Gasteiger partial charge in [-0.25, -0.2) is 0 Å². The van der Waals surface area contributed by atoms with Gasteiger partial charge in [0, 0.05) is 37.6 Å². The van der Waals surface area contributed by atoms with Crippen molar-refractivity contribution in [2.45, 2.75) is 26.8 Å². The lowest BCUT2D eigenvalue weighted by Gasteiger charge is -2.28. The van der Waals surface area contributed by atoms with E-state index >= 15 is 0 Å². The maximum absolute atomic E-state index is 4.69. The molecule has 0 radical (unpaired) electrons. The van der Waals surface area contributed by atoms with Crippen molar-refractivity contribution in [3.8, 4) is 0 Å². The summed E-state index contributed by atoms with van der Waals surface area (Å²) in [5, 5.41) is 11.8. The van der Waals surface area contributed by atoms with Crippen molar-refractivity contribution in [3.05, 3.63) is 65.9 Å². The first-order chi connectivity index (χ1) is 13.8. The van der Waals surface area contributed by atoms with Crippen LogP contribution in [0, 0.1) is 0 Å². The van der Waals surface area contributed by atoms with Gasteiger partial charge in [-0.2, -0.15) is 10.1 Å². The second-order valence-corrected chi connectivity index (χ2v) is 6.93. The summed E-state index contributed by atoms with van der Waals surface area (Å²) in [7, 11) is 0. The third-order valence-corrected chi connectivity index (χ3v) is 5.23. The molecule has 0 aliphatic carbocycles. The standard InChI is InChI=1S/C22H26N6/c1-3-27(4-2)20-11-9-19(10-12-20)24-21-15-23-26-22(25-21)28-14-13-17-7-5-6-8-18(17)16-28/h5-12,15H,3-4,13-14,16H2,1-2H3,(H,24,25,26). The summed E-state index contributed by atoms with van der Waals surface area (Å²) in [6, 6.07) is 17.0. The molecular weight excluding hydrogens is 348 g/mol. The Morgan fingerprint density at radius 1 is 1.00 bits per heavy atom. The van der Waals surface area contributed by atoms with E-state index in [1.165, 1.54) is 16.8 Å². The second kappa shape index (κ2) is 8.25. The molecule has 3 aromatic rings. The fourth-order valence-corrected chi connectivity index (χ4v) is 3.65. The van der Waals surface area contributed by atoms with Crippen molar-refractivity contribution in [1.82, 2.24) is 15.2 Å². The van der Waals surface area contributed by atoms with Crippen molar-refractivity contribution < 1.29 is 0 Å². The van der Waals surface area contributed by atoms with Crippen molar-refractivity contribution >= 4 is 23.1 Å². The molecule has 144 valence electrons. The van der Waals surface area contributed by atoms with Crippen LogP contribution < -0.4 is 15.1 Å². The largest absolute Gasteiger partial charge is 0.372 e. The Morgan fingerprint density at radius 2 is 1.75 bits per heavy atom. The molecule has 0 unspecified atom stereocenters. The Morgan fingerprint density at radius 3 is 2.50 bits per heavy atom. The molecule has 0 atom stereocenters. The number of anilines is 4. The van der Waals surface area contributed by atoms with Gasteiger partial charge in [0.25, 0.3) is 0 Å². The number of fused-ring (bicyclic) bond motifs is 1. The van der Waals surface area contributed by atoms with Crippen LogP contribution in [0.25, 0.3) is 0 Å². The summed E-state index contributed by atoms with van der Waals surface area (Å²) < 4.78 is 0. The highest BCUT2D eigenvalue weighted by molar-refractivity contribution is 5.61. The third-order valence-electron chi connectivity index (χ3n) is 5.23. The molecule has 0 saturated heterocycles. The van der Waals surface area contributed by atoms with Crippen LogP contribution in [-0.4, -0.2) is 34.8 Å². The number of hydrogen-bond donors (Lipinski definition) is 1. The van der Waals surface area contributed by atoms with Gasteiger partial charge in [-0.15, -0.1) is 5.10 Å². The summed E-state index contributed by atoms with van der Waals surface area (Å²) in [6.07, 6.45) is 2.67. The minimum Gasteiger partial charge on any atom is -0.372 e. The molecule has 1 aliphatic heterocycles. The highest BCUT2D eigenvalue weighted by atomic mass is 15.3. The van der Waals surface area contributed by atoms with Gasteiger partial charge in [-0.05, 0) is 55.7 Å². The van der Waals surface area contributed by atoms with E-state index in [0.717, 1.165) is 38.3 Å². The van der Waals surface area contributed by atoms with Crippen LogP contribution in [0.2, 0.25) is 0 Å². The second-order valence-electron chi connectivity index (χ2n) is 6.93. The minimum absolute atomic E-state index is 0.666. The summed E-state index contributed by atoms with van der Waals surface area (Å²) in [5.74, 6) is 1.37. The molecule has 1 N–H and O–H groups in total. The van der Waals surface area contributed by atoms with Crippen molar-refractivity contribution in [1.29, 1.82) is 0 Å². The van der Waals surface area contributed by atoms with Gasteiger partial charge in [0.05, 0.1) is 6.20 Å². The van der Waals surface area contributed by atoms with Gasteiger partial charge in [-0.1, -0.05) is 24.3 Å². The molecule has 0 saturated carbocycles. The summed E-state index contributed by atoms with van der Waals surface area (Å²) >= 11 is 0. The quantitative estimate of drug-likeness (QED) is 0.703. The molecule has 0 fully saturated rings. The molecule has 0 bridgehead atoms. The first-order valence-electron chi connectivity index (χ1n) is 9.90. The fraction of sp³-hybridized carbons (Fsp3) is 0.318. The van der Waals surface area contributed by atoms with Crippen LogP contribution in [0.4, 0.5) is 23.1 Å². The van der Waals surface area contributed by atoms with E-state index in [4.69, 9.17) is 0 Å². The Hall–Kier alpha value is -3.15. The zero-order valence-electron chi connectivity index (χ0n) is 16.5. The van der Waals surface area contributed by atoms with E-state index in [1.54, 1.807) is 6.20 Å². The molecule has 6 nitrogen and oxygen atoms in total. The third kappa shape index (κ3) is 3.91. The number of rotatable bonds is 6. The average Bonchev–Trinajstić information content (AvgIpc) is 2.75. The molecule has 0 spiro atoms. The van der Waals surface area contributed by atoms with E-state index < -0.39 is 0 Å². The smallest absolute Gasteiger partial charge is 0.247 e. The molecule has 1 aliphatic rings. The lowest BCUT2D eigenvalue weighted by molar-refractivity contribution is 0.698. The molecule has 0 amide bonds. The lowest BCUT2D eigenvalue weighted by Crippen LogP contribution is -2.32. The van der Waals surface area contributed by atoms with E-state index in [-0.39, 0.29) is 0 Å². The number of nitrogens with one attached hydrogen (secondary N) is 1. The number of aromatic nitrogens is 3. The van der Waals surface area contributed by atoms with Gasteiger partial charge in [-0.3, -0.25) is 0 Å². The van der Waals surface area contributed by atoms with Crippen LogP contribution >= 0.6 is 0 Å². The first-order valence-corrected chi connectivity index (χ1v) is 9.90. The number of benzene rings is 2. The van der Waals surface area contributed by atoms with Crippen molar-refractivity contribution in [2.75, 3.05) is 34.8 Å². The van der Waals surface area contributed by atoms with Crippen molar-refractivity contribution in [2.24, 2.45) is 0 Å². The molecule has 1 aromatic heterocycles. The predicted molar refractivity (Wildman–Crippen MR) is 114 cm³/mol. The predicted octanol–water partition coefficient (Wildman–Crippen LogP) is 4.02. The van der Waals surface area contributed by atoms with Crippen LogP contribution in [0.5, 0.6) is 0 Å². The zero-order chi connectivity index (χ0) is 19.3.